The lowest BCUT2D eigenvalue weighted by atomic mass is 9.89. The van der Waals surface area contributed by atoms with Crippen LogP contribution in [0.25, 0.3) is 0 Å². The van der Waals surface area contributed by atoms with Crippen molar-refractivity contribution in [1.29, 1.82) is 0 Å². The summed E-state index contributed by atoms with van der Waals surface area (Å²) in [5, 5.41) is 3.59. The SMILES string of the molecule is CCOC(=O)C(CN1CCCCC1C)(NC(C)C)C1CC1. The summed E-state index contributed by atoms with van der Waals surface area (Å²) in [6, 6.07) is 0.857. The van der Waals surface area contributed by atoms with Crippen LogP contribution in [0.5, 0.6) is 0 Å². The quantitative estimate of drug-likeness (QED) is 0.733. The Labute approximate surface area is 129 Å². The number of ether oxygens (including phenoxy) is 1. The number of carbonyl (C=O) groups is 1. The monoisotopic (exact) mass is 296 g/mol. The number of likely N-dealkylation sites (tertiary alicyclic amines) is 1. The van der Waals surface area contributed by atoms with E-state index in [1.807, 2.05) is 6.92 Å². The highest BCUT2D eigenvalue weighted by Gasteiger charge is 2.53. The highest BCUT2D eigenvalue weighted by Crippen LogP contribution is 2.42. The van der Waals surface area contributed by atoms with Gasteiger partial charge in [0.2, 0.25) is 0 Å². The zero-order valence-electron chi connectivity index (χ0n) is 14.2. The van der Waals surface area contributed by atoms with Crippen molar-refractivity contribution in [2.24, 2.45) is 5.92 Å². The summed E-state index contributed by atoms with van der Waals surface area (Å²) in [5.41, 5.74) is -0.504. The fourth-order valence-corrected chi connectivity index (χ4v) is 3.65. The summed E-state index contributed by atoms with van der Waals surface area (Å²) < 4.78 is 5.46. The lowest BCUT2D eigenvalue weighted by molar-refractivity contribution is -0.154. The van der Waals surface area contributed by atoms with E-state index >= 15 is 0 Å². The number of piperidine rings is 1. The Morgan fingerprint density at radius 3 is 2.57 bits per heavy atom. The summed E-state index contributed by atoms with van der Waals surface area (Å²) in [4.78, 5) is 15.2. The zero-order chi connectivity index (χ0) is 15.5. The van der Waals surface area contributed by atoms with Crippen LogP contribution in [0.2, 0.25) is 0 Å². The largest absolute Gasteiger partial charge is 0.465 e. The van der Waals surface area contributed by atoms with Crippen LogP contribution in [-0.4, -0.2) is 48.2 Å². The second-order valence-electron chi connectivity index (χ2n) is 7.08. The van der Waals surface area contributed by atoms with Gasteiger partial charge in [-0.1, -0.05) is 6.42 Å². The number of hydrogen-bond acceptors (Lipinski definition) is 4. The molecular formula is C17H32N2O2. The van der Waals surface area contributed by atoms with Crippen LogP contribution < -0.4 is 5.32 Å². The first-order valence-corrected chi connectivity index (χ1v) is 8.68. The molecule has 1 aliphatic heterocycles. The van der Waals surface area contributed by atoms with Gasteiger partial charge < -0.3 is 4.74 Å². The van der Waals surface area contributed by atoms with Crippen molar-refractivity contribution in [2.75, 3.05) is 19.7 Å². The van der Waals surface area contributed by atoms with Crippen LogP contribution in [0.1, 0.15) is 59.8 Å². The van der Waals surface area contributed by atoms with Gasteiger partial charge in [-0.05, 0) is 65.8 Å². The van der Waals surface area contributed by atoms with Crippen LogP contribution in [-0.2, 0) is 9.53 Å². The third kappa shape index (κ3) is 3.98. The molecule has 2 aliphatic rings. The van der Waals surface area contributed by atoms with Gasteiger partial charge in [-0.2, -0.15) is 0 Å². The maximum absolute atomic E-state index is 12.8. The second-order valence-corrected chi connectivity index (χ2v) is 7.08. The van der Waals surface area contributed by atoms with E-state index in [4.69, 9.17) is 4.74 Å². The zero-order valence-corrected chi connectivity index (χ0v) is 14.2. The smallest absolute Gasteiger partial charge is 0.327 e. The minimum atomic E-state index is -0.504. The van der Waals surface area contributed by atoms with Gasteiger partial charge in [0.25, 0.3) is 0 Å². The molecule has 4 heteroatoms. The molecule has 0 aromatic rings. The predicted octanol–water partition coefficient (Wildman–Crippen LogP) is 2.57. The van der Waals surface area contributed by atoms with Crippen molar-refractivity contribution in [3.8, 4) is 0 Å². The molecule has 2 fully saturated rings. The van der Waals surface area contributed by atoms with Crippen molar-refractivity contribution < 1.29 is 9.53 Å². The van der Waals surface area contributed by atoms with Crippen molar-refractivity contribution >= 4 is 5.97 Å². The van der Waals surface area contributed by atoms with Crippen molar-refractivity contribution in [3.63, 3.8) is 0 Å². The van der Waals surface area contributed by atoms with Crippen LogP contribution >= 0.6 is 0 Å². The first-order chi connectivity index (χ1) is 9.99. The molecule has 1 N–H and O–H groups in total. The molecule has 0 bridgehead atoms. The van der Waals surface area contributed by atoms with Crippen molar-refractivity contribution in [1.82, 2.24) is 10.2 Å². The molecule has 0 amide bonds. The summed E-state index contributed by atoms with van der Waals surface area (Å²) >= 11 is 0. The molecule has 1 heterocycles. The molecule has 1 saturated heterocycles. The minimum Gasteiger partial charge on any atom is -0.465 e. The number of carbonyl (C=O) groups excluding carboxylic acids is 1. The fourth-order valence-electron chi connectivity index (χ4n) is 3.65. The lowest BCUT2D eigenvalue weighted by Crippen LogP contribution is -2.64. The average Bonchev–Trinajstić information content (AvgIpc) is 3.25. The van der Waals surface area contributed by atoms with Crippen molar-refractivity contribution in [3.05, 3.63) is 0 Å². The number of rotatable bonds is 7. The molecule has 0 radical (unpaired) electrons. The number of esters is 1. The van der Waals surface area contributed by atoms with E-state index in [-0.39, 0.29) is 12.0 Å². The molecule has 0 spiro atoms. The molecule has 2 rings (SSSR count). The van der Waals surface area contributed by atoms with Gasteiger partial charge in [0.1, 0.15) is 5.54 Å². The molecule has 1 aliphatic carbocycles. The molecule has 4 nitrogen and oxygen atoms in total. The van der Waals surface area contributed by atoms with E-state index in [9.17, 15) is 4.79 Å². The molecule has 0 aromatic carbocycles. The van der Waals surface area contributed by atoms with E-state index in [0.29, 0.717) is 18.6 Å². The predicted molar refractivity (Wildman–Crippen MR) is 85.2 cm³/mol. The summed E-state index contributed by atoms with van der Waals surface area (Å²) in [6.07, 6.45) is 6.08. The maximum Gasteiger partial charge on any atom is 0.327 e. The first-order valence-electron chi connectivity index (χ1n) is 8.68. The van der Waals surface area contributed by atoms with E-state index in [2.05, 4.69) is 31.0 Å². The van der Waals surface area contributed by atoms with Crippen LogP contribution in [0.15, 0.2) is 0 Å². The third-order valence-corrected chi connectivity index (χ3v) is 4.85. The molecule has 122 valence electrons. The molecule has 2 atom stereocenters. The number of hydrogen-bond donors (Lipinski definition) is 1. The molecular weight excluding hydrogens is 264 g/mol. The van der Waals surface area contributed by atoms with Gasteiger partial charge in [-0.3, -0.25) is 10.2 Å². The van der Waals surface area contributed by atoms with Gasteiger partial charge >= 0.3 is 5.97 Å². The van der Waals surface area contributed by atoms with Gasteiger partial charge in [0, 0.05) is 18.6 Å². The van der Waals surface area contributed by atoms with E-state index in [1.165, 1.54) is 19.3 Å². The maximum atomic E-state index is 12.8. The van der Waals surface area contributed by atoms with E-state index < -0.39 is 5.54 Å². The molecule has 0 aromatic heterocycles. The van der Waals surface area contributed by atoms with E-state index in [0.717, 1.165) is 25.9 Å². The molecule has 2 unspecified atom stereocenters. The van der Waals surface area contributed by atoms with Gasteiger partial charge in [0.05, 0.1) is 6.61 Å². The van der Waals surface area contributed by atoms with Gasteiger partial charge in [-0.15, -0.1) is 0 Å². The lowest BCUT2D eigenvalue weighted by Gasteiger charge is -2.42. The van der Waals surface area contributed by atoms with Crippen LogP contribution in [0.4, 0.5) is 0 Å². The van der Waals surface area contributed by atoms with E-state index in [1.54, 1.807) is 0 Å². The summed E-state index contributed by atoms with van der Waals surface area (Å²) in [6.45, 7) is 10.8. The molecule has 21 heavy (non-hydrogen) atoms. The Morgan fingerprint density at radius 1 is 1.33 bits per heavy atom. The second kappa shape index (κ2) is 7.10. The number of nitrogens with one attached hydrogen (secondary N) is 1. The molecule has 1 saturated carbocycles. The van der Waals surface area contributed by atoms with Crippen molar-refractivity contribution in [2.45, 2.75) is 77.4 Å². The minimum absolute atomic E-state index is 0.0426. The topological polar surface area (TPSA) is 41.6 Å². The number of nitrogens with zero attached hydrogens (tertiary/aromatic N) is 1. The van der Waals surface area contributed by atoms with Gasteiger partial charge in [-0.25, -0.2) is 4.79 Å². The Kier molecular flexibility index (Phi) is 5.67. The Morgan fingerprint density at radius 2 is 2.05 bits per heavy atom. The first kappa shape index (κ1) is 16.8. The fraction of sp³-hybridized carbons (Fsp3) is 0.941. The highest BCUT2D eigenvalue weighted by atomic mass is 16.5. The van der Waals surface area contributed by atoms with Gasteiger partial charge in [0.15, 0.2) is 0 Å². The van der Waals surface area contributed by atoms with Crippen LogP contribution in [0.3, 0.4) is 0 Å². The third-order valence-electron chi connectivity index (χ3n) is 4.85. The summed E-state index contributed by atoms with van der Waals surface area (Å²) in [5.74, 6) is 0.395. The Bertz CT molecular complexity index is 355. The Hall–Kier alpha value is -0.610. The highest BCUT2D eigenvalue weighted by molar-refractivity contribution is 5.82. The summed E-state index contributed by atoms with van der Waals surface area (Å²) in [7, 11) is 0. The normalized spacial score (nSPS) is 26.6. The standard InChI is InChI=1S/C17H32N2O2/c1-5-21-16(20)17(15-9-10-15,18-13(2)3)12-19-11-7-6-8-14(19)4/h13-15,18H,5-12H2,1-4H3. The van der Waals surface area contributed by atoms with Crippen LogP contribution in [0, 0.1) is 5.92 Å². The average molecular weight is 296 g/mol. The Balaban J connectivity index is 2.18.